The van der Waals surface area contributed by atoms with Gasteiger partial charge in [-0.05, 0) is 36.8 Å². The predicted octanol–water partition coefficient (Wildman–Crippen LogP) is 3.60. The monoisotopic (exact) mass is 373 g/mol. The molecule has 1 heterocycles. The van der Waals surface area contributed by atoms with Crippen LogP contribution in [-0.2, 0) is 6.54 Å². The van der Waals surface area contributed by atoms with E-state index in [9.17, 15) is 5.11 Å². The number of phenolic OH excluding ortho intramolecular Hbond substituents is 1. The van der Waals surface area contributed by atoms with Crippen LogP contribution in [0.5, 0.6) is 11.5 Å². The fourth-order valence-corrected chi connectivity index (χ4v) is 3.23. The number of phenols is 1. The summed E-state index contributed by atoms with van der Waals surface area (Å²) >= 11 is 6.26. The van der Waals surface area contributed by atoms with Crippen molar-refractivity contribution in [2.24, 2.45) is 5.10 Å². The van der Waals surface area contributed by atoms with Crippen LogP contribution in [0.15, 0.2) is 47.6 Å². The van der Waals surface area contributed by atoms with Crippen LogP contribution in [0.25, 0.3) is 0 Å². The van der Waals surface area contributed by atoms with Gasteiger partial charge in [-0.25, -0.2) is 0 Å². The van der Waals surface area contributed by atoms with E-state index in [-0.39, 0.29) is 5.75 Å². The second-order valence-corrected chi connectivity index (χ2v) is 6.80. The maximum Gasteiger partial charge on any atom is 0.161 e. The molecule has 1 N–H and O–H groups in total. The van der Waals surface area contributed by atoms with Crippen LogP contribution in [0.1, 0.15) is 18.1 Å². The minimum Gasteiger partial charge on any atom is -0.504 e. The first-order chi connectivity index (χ1) is 12.6. The van der Waals surface area contributed by atoms with E-state index in [2.05, 4.69) is 16.0 Å². The minimum atomic E-state index is 0.136. The smallest absolute Gasteiger partial charge is 0.161 e. The van der Waals surface area contributed by atoms with Crippen molar-refractivity contribution < 1.29 is 9.84 Å². The van der Waals surface area contributed by atoms with Gasteiger partial charge in [0.05, 0.1) is 12.8 Å². The third-order valence-corrected chi connectivity index (χ3v) is 4.96. The average Bonchev–Trinajstić information content (AvgIpc) is 2.65. The first-order valence-electron chi connectivity index (χ1n) is 8.70. The second-order valence-electron chi connectivity index (χ2n) is 6.39. The highest BCUT2D eigenvalue weighted by molar-refractivity contribution is 6.31. The van der Waals surface area contributed by atoms with E-state index >= 15 is 0 Å². The number of hydrazone groups is 1. The van der Waals surface area contributed by atoms with Gasteiger partial charge in [0, 0.05) is 43.3 Å². The number of hydrogen-bond acceptors (Lipinski definition) is 5. The molecule has 0 radical (unpaired) electrons. The zero-order chi connectivity index (χ0) is 18.5. The molecule has 0 spiro atoms. The molecule has 0 atom stereocenters. The van der Waals surface area contributed by atoms with E-state index in [0.717, 1.165) is 49.0 Å². The molecule has 6 heteroatoms. The Bertz CT molecular complexity index is 786. The fourth-order valence-electron chi connectivity index (χ4n) is 3.04. The first-order valence-corrected chi connectivity index (χ1v) is 9.08. The van der Waals surface area contributed by atoms with Crippen molar-refractivity contribution >= 4 is 17.3 Å². The summed E-state index contributed by atoms with van der Waals surface area (Å²) in [5.41, 5.74) is 3.01. The molecule has 0 aliphatic carbocycles. The lowest BCUT2D eigenvalue weighted by molar-refractivity contribution is 0.130. The lowest BCUT2D eigenvalue weighted by Gasteiger charge is -2.33. The van der Waals surface area contributed by atoms with Crippen molar-refractivity contribution in [2.75, 3.05) is 33.3 Å². The van der Waals surface area contributed by atoms with Crippen LogP contribution in [0.4, 0.5) is 0 Å². The van der Waals surface area contributed by atoms with Crippen LogP contribution in [-0.4, -0.2) is 54.0 Å². The highest BCUT2D eigenvalue weighted by atomic mass is 35.5. The van der Waals surface area contributed by atoms with Crippen molar-refractivity contribution in [3.05, 3.63) is 58.6 Å². The summed E-state index contributed by atoms with van der Waals surface area (Å²) in [6, 6.07) is 13.3. The third kappa shape index (κ3) is 4.48. The zero-order valence-corrected chi connectivity index (χ0v) is 15.9. The Hall–Kier alpha value is -2.24. The molecule has 26 heavy (non-hydrogen) atoms. The molecule has 1 saturated heterocycles. The topological polar surface area (TPSA) is 48.3 Å². The van der Waals surface area contributed by atoms with Gasteiger partial charge in [-0.1, -0.05) is 29.8 Å². The molecule has 0 bridgehead atoms. The van der Waals surface area contributed by atoms with E-state index in [0.29, 0.717) is 5.75 Å². The summed E-state index contributed by atoms with van der Waals surface area (Å²) in [5.74, 6) is 0.596. The lowest BCUT2D eigenvalue weighted by atomic mass is 10.1. The predicted molar refractivity (Wildman–Crippen MR) is 105 cm³/mol. The van der Waals surface area contributed by atoms with Crippen LogP contribution < -0.4 is 4.74 Å². The van der Waals surface area contributed by atoms with Crippen molar-refractivity contribution in [1.29, 1.82) is 0 Å². The van der Waals surface area contributed by atoms with Gasteiger partial charge in [-0.15, -0.1) is 0 Å². The van der Waals surface area contributed by atoms with E-state index in [4.69, 9.17) is 21.4 Å². The van der Waals surface area contributed by atoms with Crippen LogP contribution in [0.2, 0.25) is 5.02 Å². The van der Waals surface area contributed by atoms with E-state index in [1.54, 1.807) is 13.2 Å². The molecule has 0 amide bonds. The summed E-state index contributed by atoms with van der Waals surface area (Å²) in [6.07, 6.45) is 0. The van der Waals surface area contributed by atoms with Gasteiger partial charge in [0.1, 0.15) is 0 Å². The van der Waals surface area contributed by atoms with Crippen LogP contribution >= 0.6 is 11.6 Å². The first kappa shape index (κ1) is 18.5. The number of hydrogen-bond donors (Lipinski definition) is 1. The molecule has 1 aliphatic rings. The largest absolute Gasteiger partial charge is 0.504 e. The summed E-state index contributed by atoms with van der Waals surface area (Å²) < 4.78 is 5.17. The average molecular weight is 374 g/mol. The lowest BCUT2D eigenvalue weighted by Crippen LogP contribution is -2.43. The molecule has 2 aromatic rings. The molecule has 0 aromatic heterocycles. The Labute approximate surface area is 159 Å². The normalized spacial score (nSPS) is 16.0. The number of piperazine rings is 1. The fraction of sp³-hybridized carbons (Fsp3) is 0.350. The van der Waals surface area contributed by atoms with Crippen LogP contribution in [0.3, 0.4) is 0 Å². The van der Waals surface area contributed by atoms with E-state index < -0.39 is 0 Å². The summed E-state index contributed by atoms with van der Waals surface area (Å²) in [6.45, 7) is 6.48. The maximum atomic E-state index is 9.72. The van der Waals surface area contributed by atoms with Gasteiger partial charge in [0.15, 0.2) is 11.5 Å². The van der Waals surface area contributed by atoms with Crippen LogP contribution in [0, 0.1) is 0 Å². The molecule has 1 aliphatic heterocycles. The molecule has 5 nitrogen and oxygen atoms in total. The molecule has 138 valence electrons. The van der Waals surface area contributed by atoms with E-state index in [1.165, 1.54) is 5.56 Å². The highest BCUT2D eigenvalue weighted by Gasteiger charge is 2.17. The summed E-state index contributed by atoms with van der Waals surface area (Å²) in [7, 11) is 1.55. The SMILES string of the molecule is COc1cc(C(C)=NN2CCN(Cc3ccccc3Cl)CC2)ccc1O. The molecule has 0 unspecified atom stereocenters. The number of nitrogens with zero attached hydrogens (tertiary/aromatic N) is 3. The number of methoxy groups -OCH3 is 1. The van der Waals surface area contributed by atoms with Gasteiger partial charge in [0.2, 0.25) is 0 Å². The van der Waals surface area contributed by atoms with Gasteiger partial charge < -0.3 is 9.84 Å². The number of halogens is 1. The van der Waals surface area contributed by atoms with Gasteiger partial charge in [-0.2, -0.15) is 5.10 Å². The highest BCUT2D eigenvalue weighted by Crippen LogP contribution is 2.26. The maximum absolute atomic E-state index is 9.72. The van der Waals surface area contributed by atoms with Gasteiger partial charge in [0.25, 0.3) is 0 Å². The summed E-state index contributed by atoms with van der Waals surface area (Å²) in [5, 5.41) is 17.4. The number of ether oxygens (including phenoxy) is 1. The molecular formula is C20H24ClN3O2. The Morgan fingerprint density at radius 1 is 1.15 bits per heavy atom. The minimum absolute atomic E-state index is 0.136. The van der Waals surface area contributed by atoms with Crippen molar-refractivity contribution in [1.82, 2.24) is 9.91 Å². The number of aromatic hydroxyl groups is 1. The quantitative estimate of drug-likeness (QED) is 0.813. The molecular weight excluding hydrogens is 350 g/mol. The van der Waals surface area contributed by atoms with Crippen molar-refractivity contribution in [2.45, 2.75) is 13.5 Å². The standard InChI is InChI=1S/C20H24ClN3O2/c1-15(16-7-8-19(25)20(13-16)26-2)22-24-11-9-23(10-12-24)14-17-5-3-4-6-18(17)21/h3-8,13,25H,9-12,14H2,1-2H3. The molecule has 1 fully saturated rings. The molecule has 0 saturated carbocycles. The van der Waals surface area contributed by atoms with Crippen molar-refractivity contribution in [3.8, 4) is 11.5 Å². The number of rotatable bonds is 5. The Morgan fingerprint density at radius 2 is 1.88 bits per heavy atom. The molecule has 3 rings (SSSR count). The zero-order valence-electron chi connectivity index (χ0n) is 15.2. The van der Waals surface area contributed by atoms with Crippen molar-refractivity contribution in [3.63, 3.8) is 0 Å². The summed E-state index contributed by atoms with van der Waals surface area (Å²) in [4.78, 5) is 2.39. The van der Waals surface area contributed by atoms with Gasteiger partial charge >= 0.3 is 0 Å². The third-order valence-electron chi connectivity index (χ3n) is 4.59. The Morgan fingerprint density at radius 3 is 2.58 bits per heavy atom. The molecule has 2 aromatic carbocycles. The van der Waals surface area contributed by atoms with Gasteiger partial charge in [-0.3, -0.25) is 9.91 Å². The van der Waals surface area contributed by atoms with E-state index in [1.807, 2.05) is 37.3 Å². The number of benzene rings is 2. The second kappa shape index (κ2) is 8.43. The Balaban J connectivity index is 1.59. The Kier molecular flexibility index (Phi) is 6.01.